The average molecular weight is 357 g/mol. The number of aryl methyl sites for hydroxylation is 1. The van der Waals surface area contributed by atoms with Crippen molar-refractivity contribution in [2.24, 2.45) is 0 Å². The molecule has 0 atom stereocenters. The molecule has 0 radical (unpaired) electrons. The topological polar surface area (TPSA) is 117 Å². The average Bonchev–Trinajstić information content (AvgIpc) is 3.01. The smallest absolute Gasteiger partial charge is 0.272 e. The number of hydrogen-bond acceptors (Lipinski definition) is 6. The first-order valence-electron chi connectivity index (χ1n) is 7.48. The van der Waals surface area contributed by atoms with Crippen molar-refractivity contribution in [2.45, 2.75) is 13.3 Å². The molecular weight excluding hydrogens is 342 g/mol. The van der Waals surface area contributed by atoms with Gasteiger partial charge in [0.15, 0.2) is 5.13 Å². The van der Waals surface area contributed by atoms with Crippen molar-refractivity contribution >= 4 is 39.1 Å². The van der Waals surface area contributed by atoms with Crippen molar-refractivity contribution in [3.05, 3.63) is 51.4 Å². The second kappa shape index (κ2) is 7.22. The van der Waals surface area contributed by atoms with E-state index in [0.29, 0.717) is 21.6 Å². The van der Waals surface area contributed by atoms with Crippen LogP contribution in [0.3, 0.4) is 0 Å². The van der Waals surface area contributed by atoms with Gasteiger partial charge in [-0.3, -0.25) is 14.4 Å². The van der Waals surface area contributed by atoms with Gasteiger partial charge in [0.1, 0.15) is 0 Å². The number of amides is 2. The third kappa shape index (κ3) is 4.07. The summed E-state index contributed by atoms with van der Waals surface area (Å²) >= 11 is 1.32. The summed E-state index contributed by atoms with van der Waals surface area (Å²) in [6.45, 7) is 1.66. The summed E-state index contributed by atoms with van der Waals surface area (Å²) in [6, 6.07) is 6.92. The van der Waals surface area contributed by atoms with Gasteiger partial charge in [0.25, 0.3) is 5.56 Å². The normalized spacial score (nSPS) is 10.6. The zero-order valence-electron chi connectivity index (χ0n) is 13.3. The van der Waals surface area contributed by atoms with Crippen molar-refractivity contribution in [3.8, 4) is 0 Å². The number of rotatable bonds is 5. The van der Waals surface area contributed by atoms with Crippen LogP contribution in [-0.2, 0) is 16.0 Å². The molecule has 0 spiro atoms. The quantitative estimate of drug-likeness (QED) is 0.629. The molecule has 0 bridgehead atoms. The fourth-order valence-corrected chi connectivity index (χ4v) is 2.98. The minimum atomic E-state index is -0.366. The van der Waals surface area contributed by atoms with Crippen LogP contribution in [0.4, 0.5) is 5.13 Å². The van der Waals surface area contributed by atoms with Gasteiger partial charge in [-0.1, -0.05) is 18.2 Å². The zero-order chi connectivity index (χ0) is 17.8. The predicted octanol–water partition coefficient (Wildman–Crippen LogP) is 0.985. The molecule has 0 aliphatic rings. The molecule has 0 unspecified atom stereocenters. The van der Waals surface area contributed by atoms with Gasteiger partial charge in [-0.25, -0.2) is 10.1 Å². The summed E-state index contributed by atoms with van der Waals surface area (Å²) in [7, 11) is 0. The van der Waals surface area contributed by atoms with Crippen LogP contribution in [0.1, 0.15) is 11.4 Å². The van der Waals surface area contributed by atoms with Crippen LogP contribution in [0, 0.1) is 6.92 Å². The molecule has 0 saturated heterocycles. The van der Waals surface area contributed by atoms with E-state index in [0.717, 1.165) is 5.69 Å². The summed E-state index contributed by atoms with van der Waals surface area (Å²) < 4.78 is 0. The number of nitrogens with zero attached hydrogens (tertiary/aromatic N) is 2. The van der Waals surface area contributed by atoms with Crippen LogP contribution >= 0.6 is 11.3 Å². The van der Waals surface area contributed by atoms with Gasteiger partial charge in [0.2, 0.25) is 11.8 Å². The Morgan fingerprint density at radius 3 is 2.68 bits per heavy atom. The molecule has 25 heavy (non-hydrogen) atoms. The number of benzene rings is 1. The van der Waals surface area contributed by atoms with Crippen LogP contribution in [0.15, 0.2) is 34.4 Å². The number of aromatic nitrogens is 3. The van der Waals surface area contributed by atoms with Gasteiger partial charge < -0.3 is 10.6 Å². The third-order valence-corrected chi connectivity index (χ3v) is 4.29. The highest BCUT2D eigenvalue weighted by Gasteiger charge is 2.12. The Morgan fingerprint density at radius 2 is 1.96 bits per heavy atom. The number of fused-ring (bicyclic) bond motifs is 1. The second-order valence-electron chi connectivity index (χ2n) is 5.34. The first kappa shape index (κ1) is 16.8. The summed E-state index contributed by atoms with van der Waals surface area (Å²) in [6.07, 6.45) is -0.0407. The van der Waals surface area contributed by atoms with E-state index in [4.69, 9.17) is 0 Å². The Bertz CT molecular complexity index is 995. The number of carbonyl (C=O) groups excluding carboxylic acids is 2. The first-order valence-corrected chi connectivity index (χ1v) is 8.36. The van der Waals surface area contributed by atoms with E-state index in [1.54, 1.807) is 24.3 Å². The second-order valence-corrected chi connectivity index (χ2v) is 6.20. The van der Waals surface area contributed by atoms with Crippen LogP contribution in [0.25, 0.3) is 10.8 Å². The molecule has 3 rings (SSSR count). The molecule has 8 nitrogen and oxygen atoms in total. The van der Waals surface area contributed by atoms with E-state index in [9.17, 15) is 14.4 Å². The monoisotopic (exact) mass is 357 g/mol. The zero-order valence-corrected chi connectivity index (χ0v) is 14.1. The van der Waals surface area contributed by atoms with Crippen LogP contribution in [0.5, 0.6) is 0 Å². The van der Waals surface area contributed by atoms with Crippen molar-refractivity contribution in [1.29, 1.82) is 0 Å². The van der Waals surface area contributed by atoms with E-state index in [-0.39, 0.29) is 30.3 Å². The number of nitrogens with one attached hydrogen (secondary N) is 3. The molecule has 0 fully saturated rings. The number of anilines is 1. The lowest BCUT2D eigenvalue weighted by Gasteiger charge is -2.06. The third-order valence-electron chi connectivity index (χ3n) is 3.41. The fourth-order valence-electron chi connectivity index (χ4n) is 2.27. The summed E-state index contributed by atoms with van der Waals surface area (Å²) in [5, 5.41) is 14.8. The summed E-state index contributed by atoms with van der Waals surface area (Å²) in [5.74, 6) is -0.725. The number of H-pyrrole nitrogens is 1. The Hall–Kier alpha value is -3.07. The van der Waals surface area contributed by atoms with E-state index in [1.807, 2.05) is 12.3 Å². The van der Waals surface area contributed by atoms with Crippen molar-refractivity contribution in [2.75, 3.05) is 11.9 Å². The molecule has 0 aliphatic carbocycles. The molecular formula is C16H15N5O3S. The Morgan fingerprint density at radius 1 is 1.20 bits per heavy atom. The highest BCUT2D eigenvalue weighted by atomic mass is 32.1. The number of thiazole rings is 1. The minimum absolute atomic E-state index is 0.0407. The highest BCUT2D eigenvalue weighted by Crippen LogP contribution is 2.14. The van der Waals surface area contributed by atoms with Gasteiger partial charge in [0, 0.05) is 10.8 Å². The van der Waals surface area contributed by atoms with Gasteiger partial charge in [-0.2, -0.15) is 5.10 Å². The highest BCUT2D eigenvalue weighted by molar-refractivity contribution is 7.13. The molecule has 2 heterocycles. The maximum absolute atomic E-state index is 12.1. The number of carbonyl (C=O) groups is 2. The van der Waals surface area contributed by atoms with Crippen molar-refractivity contribution in [3.63, 3.8) is 0 Å². The van der Waals surface area contributed by atoms with Crippen LogP contribution in [-0.4, -0.2) is 33.5 Å². The van der Waals surface area contributed by atoms with Crippen LogP contribution < -0.4 is 16.2 Å². The molecule has 0 aliphatic heterocycles. The molecule has 128 valence electrons. The van der Waals surface area contributed by atoms with Gasteiger partial charge in [-0.05, 0) is 13.0 Å². The van der Waals surface area contributed by atoms with Crippen molar-refractivity contribution < 1.29 is 9.59 Å². The Kier molecular flexibility index (Phi) is 4.85. The predicted molar refractivity (Wildman–Crippen MR) is 94.6 cm³/mol. The lowest BCUT2D eigenvalue weighted by atomic mass is 10.1. The maximum atomic E-state index is 12.1. The summed E-state index contributed by atoms with van der Waals surface area (Å²) in [4.78, 5) is 39.7. The lowest BCUT2D eigenvalue weighted by Crippen LogP contribution is -2.34. The standard InChI is InChI=1S/C16H15N5O3S/c1-9-8-25-16(18-9)19-14(23)7-17-13(22)6-12-10-4-2-3-5-11(10)15(24)21-20-12/h2-5,8H,6-7H2,1H3,(H,17,22)(H,21,24)(H,18,19,23). The molecule has 3 aromatic rings. The molecule has 3 N–H and O–H groups in total. The van der Waals surface area contributed by atoms with E-state index in [2.05, 4.69) is 25.8 Å². The fraction of sp³-hybridized carbons (Fsp3) is 0.188. The lowest BCUT2D eigenvalue weighted by molar-refractivity contribution is -0.123. The largest absolute Gasteiger partial charge is 0.347 e. The summed E-state index contributed by atoms with van der Waals surface area (Å²) in [5.41, 5.74) is 0.960. The van der Waals surface area contributed by atoms with E-state index < -0.39 is 0 Å². The SMILES string of the molecule is Cc1csc(NC(=O)CNC(=O)Cc2n[nH]c(=O)c3ccccc23)n1. The van der Waals surface area contributed by atoms with Gasteiger partial charge in [0.05, 0.1) is 29.7 Å². The van der Waals surface area contributed by atoms with Gasteiger partial charge in [-0.15, -0.1) is 11.3 Å². The molecule has 2 amide bonds. The minimum Gasteiger partial charge on any atom is -0.347 e. The Labute approximate surface area is 146 Å². The molecule has 9 heteroatoms. The van der Waals surface area contributed by atoms with E-state index in [1.165, 1.54) is 11.3 Å². The number of aromatic amines is 1. The van der Waals surface area contributed by atoms with Gasteiger partial charge >= 0.3 is 0 Å². The molecule has 1 aromatic carbocycles. The number of hydrogen-bond donors (Lipinski definition) is 3. The molecule has 2 aromatic heterocycles. The molecule has 0 saturated carbocycles. The maximum Gasteiger partial charge on any atom is 0.272 e. The van der Waals surface area contributed by atoms with E-state index >= 15 is 0 Å². The van der Waals surface area contributed by atoms with Crippen LogP contribution in [0.2, 0.25) is 0 Å². The van der Waals surface area contributed by atoms with Crippen molar-refractivity contribution in [1.82, 2.24) is 20.5 Å². The first-order chi connectivity index (χ1) is 12.0. The Balaban J connectivity index is 1.60.